The fourth-order valence-electron chi connectivity index (χ4n) is 3.95. The molecule has 0 heterocycles. The lowest BCUT2D eigenvalue weighted by Gasteiger charge is -2.16. The van der Waals surface area contributed by atoms with Crippen molar-refractivity contribution in [1.29, 1.82) is 0 Å². The van der Waals surface area contributed by atoms with Crippen LogP contribution in [0.4, 0.5) is 5.69 Å². The Morgan fingerprint density at radius 3 is 1.92 bits per heavy atom. The summed E-state index contributed by atoms with van der Waals surface area (Å²) >= 11 is 3.48. The number of fused-ring (bicyclic) bond motifs is 3. The van der Waals surface area contributed by atoms with Crippen LogP contribution in [0.15, 0.2) is 60.7 Å². The van der Waals surface area contributed by atoms with Gasteiger partial charge in [0.2, 0.25) is 0 Å². The van der Waals surface area contributed by atoms with Crippen LogP contribution in [0.5, 0.6) is 0 Å². The van der Waals surface area contributed by atoms with Gasteiger partial charge in [0, 0.05) is 23.5 Å². The second-order valence-corrected chi connectivity index (χ2v) is 8.00. The quantitative estimate of drug-likeness (QED) is 0.289. The summed E-state index contributed by atoms with van der Waals surface area (Å²) in [5.41, 5.74) is 10.9. The van der Waals surface area contributed by atoms with E-state index in [1.54, 1.807) is 0 Å². The van der Waals surface area contributed by atoms with Gasteiger partial charge in [-0.15, -0.1) is 0 Å². The highest BCUT2D eigenvalue weighted by atomic mass is 79.9. The number of hydrogen-bond donors (Lipinski definition) is 1. The second-order valence-electron chi connectivity index (χ2n) is 7.21. The van der Waals surface area contributed by atoms with Gasteiger partial charge in [0.25, 0.3) is 0 Å². The van der Waals surface area contributed by atoms with Crippen LogP contribution in [0, 0.1) is 13.8 Å². The summed E-state index contributed by atoms with van der Waals surface area (Å²) in [6.45, 7) is 5.36. The molecular formula is C24H24BrN. The smallest absolute Gasteiger partial charge is 0.0352 e. The standard InChI is InChI=1S/C24H24BrN/c1-16-4-10-20-21-11-5-17(2)15-23(21)24(22(20)14-16)18-6-8-19(9-7-18)26-13-3-12-25/h4-11,14-15,24,26H,3,12-13H2,1-2H3. The van der Waals surface area contributed by atoms with E-state index in [2.05, 4.69) is 95.8 Å². The van der Waals surface area contributed by atoms with E-state index in [0.717, 1.165) is 18.3 Å². The van der Waals surface area contributed by atoms with Crippen LogP contribution in [0.25, 0.3) is 11.1 Å². The SMILES string of the molecule is Cc1ccc2c(c1)C(c1ccc(NCCCBr)cc1)c1cc(C)ccc1-2. The van der Waals surface area contributed by atoms with Crippen molar-refractivity contribution in [3.05, 3.63) is 88.5 Å². The zero-order valence-corrected chi connectivity index (χ0v) is 16.9. The molecule has 1 aliphatic rings. The lowest BCUT2D eigenvalue weighted by molar-refractivity contribution is 0.992. The topological polar surface area (TPSA) is 12.0 Å². The number of aryl methyl sites for hydroxylation is 2. The molecule has 4 rings (SSSR count). The van der Waals surface area contributed by atoms with Crippen LogP contribution in [0.1, 0.15) is 40.2 Å². The highest BCUT2D eigenvalue weighted by molar-refractivity contribution is 9.09. The summed E-state index contributed by atoms with van der Waals surface area (Å²) in [7, 11) is 0. The van der Waals surface area contributed by atoms with Crippen LogP contribution in [0.2, 0.25) is 0 Å². The van der Waals surface area contributed by atoms with Gasteiger partial charge in [0.05, 0.1) is 0 Å². The maximum absolute atomic E-state index is 3.49. The lowest BCUT2D eigenvalue weighted by atomic mass is 9.88. The van der Waals surface area contributed by atoms with Crippen LogP contribution in [-0.4, -0.2) is 11.9 Å². The van der Waals surface area contributed by atoms with Crippen LogP contribution < -0.4 is 5.32 Å². The van der Waals surface area contributed by atoms with Gasteiger partial charge in [-0.25, -0.2) is 0 Å². The Kier molecular flexibility index (Phi) is 4.86. The third-order valence-electron chi connectivity index (χ3n) is 5.21. The van der Waals surface area contributed by atoms with E-state index in [1.165, 1.54) is 44.6 Å². The van der Waals surface area contributed by atoms with E-state index >= 15 is 0 Å². The van der Waals surface area contributed by atoms with Gasteiger partial charge in [-0.1, -0.05) is 75.6 Å². The third-order valence-corrected chi connectivity index (χ3v) is 5.77. The van der Waals surface area contributed by atoms with Crippen LogP contribution in [-0.2, 0) is 0 Å². The van der Waals surface area contributed by atoms with Gasteiger partial charge in [-0.3, -0.25) is 0 Å². The van der Waals surface area contributed by atoms with Gasteiger partial charge in [0.15, 0.2) is 0 Å². The Morgan fingerprint density at radius 2 is 1.38 bits per heavy atom. The molecule has 1 nitrogen and oxygen atoms in total. The number of halogens is 1. The van der Waals surface area contributed by atoms with Gasteiger partial charge in [0.1, 0.15) is 0 Å². The Hall–Kier alpha value is -2.06. The largest absolute Gasteiger partial charge is 0.385 e. The molecule has 3 aromatic carbocycles. The van der Waals surface area contributed by atoms with E-state index in [-0.39, 0.29) is 0 Å². The van der Waals surface area contributed by atoms with Crippen molar-refractivity contribution in [2.75, 3.05) is 17.2 Å². The van der Waals surface area contributed by atoms with Crippen LogP contribution >= 0.6 is 15.9 Å². The third kappa shape index (κ3) is 3.19. The average Bonchev–Trinajstić information content (AvgIpc) is 2.95. The average molecular weight is 406 g/mol. The molecule has 0 aliphatic heterocycles. The summed E-state index contributed by atoms with van der Waals surface area (Å²) in [6.07, 6.45) is 1.13. The van der Waals surface area contributed by atoms with Gasteiger partial charge < -0.3 is 5.32 Å². The summed E-state index contributed by atoms with van der Waals surface area (Å²) in [5.74, 6) is 0.330. The van der Waals surface area contributed by atoms with Crippen molar-refractivity contribution < 1.29 is 0 Å². The Bertz CT molecular complexity index is 876. The van der Waals surface area contributed by atoms with Crippen molar-refractivity contribution in [1.82, 2.24) is 0 Å². The van der Waals surface area contributed by atoms with Crippen molar-refractivity contribution in [3.8, 4) is 11.1 Å². The molecule has 0 amide bonds. The minimum absolute atomic E-state index is 0.330. The first kappa shape index (κ1) is 17.4. The maximum Gasteiger partial charge on any atom is 0.0352 e. The Balaban J connectivity index is 1.74. The highest BCUT2D eigenvalue weighted by Gasteiger charge is 2.29. The van der Waals surface area contributed by atoms with E-state index < -0.39 is 0 Å². The molecule has 0 radical (unpaired) electrons. The summed E-state index contributed by atoms with van der Waals surface area (Å²) in [4.78, 5) is 0. The normalized spacial score (nSPS) is 12.7. The summed E-state index contributed by atoms with van der Waals surface area (Å²) in [6, 6.07) is 22.7. The molecular weight excluding hydrogens is 382 g/mol. The van der Waals surface area contributed by atoms with Gasteiger partial charge in [-0.2, -0.15) is 0 Å². The first-order valence-electron chi connectivity index (χ1n) is 9.28. The van der Waals surface area contributed by atoms with Gasteiger partial charge in [-0.05, 0) is 60.2 Å². The monoisotopic (exact) mass is 405 g/mol. The number of nitrogens with one attached hydrogen (secondary N) is 1. The van der Waals surface area contributed by atoms with Crippen molar-refractivity contribution in [3.63, 3.8) is 0 Å². The van der Waals surface area contributed by atoms with Crippen LogP contribution in [0.3, 0.4) is 0 Å². The predicted octanol–water partition coefficient (Wildman–Crippen LogP) is 6.66. The number of hydrogen-bond acceptors (Lipinski definition) is 1. The zero-order valence-electron chi connectivity index (χ0n) is 15.4. The molecule has 0 bridgehead atoms. The fourth-order valence-corrected chi connectivity index (χ4v) is 4.23. The number of benzene rings is 3. The molecule has 3 aromatic rings. The Labute approximate surface area is 164 Å². The first-order chi connectivity index (χ1) is 12.7. The minimum Gasteiger partial charge on any atom is -0.385 e. The number of anilines is 1. The first-order valence-corrected chi connectivity index (χ1v) is 10.4. The molecule has 0 saturated heterocycles. The van der Waals surface area contributed by atoms with Crippen molar-refractivity contribution >= 4 is 21.6 Å². The second kappa shape index (κ2) is 7.28. The molecule has 0 fully saturated rings. The van der Waals surface area contributed by atoms with E-state index in [4.69, 9.17) is 0 Å². The molecule has 0 spiro atoms. The molecule has 0 atom stereocenters. The van der Waals surface area contributed by atoms with E-state index in [0.29, 0.717) is 5.92 Å². The molecule has 0 aromatic heterocycles. The summed E-state index contributed by atoms with van der Waals surface area (Å²) in [5, 5.41) is 4.52. The van der Waals surface area contributed by atoms with Crippen molar-refractivity contribution in [2.24, 2.45) is 0 Å². The zero-order chi connectivity index (χ0) is 18.1. The molecule has 1 aliphatic carbocycles. The Morgan fingerprint density at radius 1 is 0.808 bits per heavy atom. The molecule has 0 saturated carbocycles. The molecule has 0 unspecified atom stereocenters. The van der Waals surface area contributed by atoms with Crippen molar-refractivity contribution in [2.45, 2.75) is 26.2 Å². The molecule has 1 N–H and O–H groups in total. The molecule has 26 heavy (non-hydrogen) atoms. The fraction of sp³-hybridized carbons (Fsp3) is 0.250. The van der Waals surface area contributed by atoms with Gasteiger partial charge >= 0.3 is 0 Å². The number of rotatable bonds is 5. The maximum atomic E-state index is 3.49. The lowest BCUT2D eigenvalue weighted by Crippen LogP contribution is -2.03. The molecule has 2 heteroatoms. The van der Waals surface area contributed by atoms with E-state index in [1.807, 2.05) is 0 Å². The van der Waals surface area contributed by atoms with E-state index in [9.17, 15) is 0 Å². The minimum atomic E-state index is 0.330. The number of alkyl halides is 1. The summed E-state index contributed by atoms with van der Waals surface area (Å²) < 4.78 is 0. The molecule has 132 valence electrons. The highest BCUT2D eigenvalue weighted by Crippen LogP contribution is 2.48. The predicted molar refractivity (Wildman–Crippen MR) is 116 cm³/mol.